The minimum atomic E-state index is -1.07. The Morgan fingerprint density at radius 2 is 1.53 bits per heavy atom. The van der Waals surface area contributed by atoms with Crippen molar-refractivity contribution in [1.29, 1.82) is 0 Å². The molecular formula is C39H36F2N8O4. The van der Waals surface area contributed by atoms with Crippen LogP contribution in [0.5, 0.6) is 11.6 Å². The molecular weight excluding hydrogens is 682 g/mol. The molecule has 0 saturated heterocycles. The number of aryl methyl sites for hydroxylation is 2. The summed E-state index contributed by atoms with van der Waals surface area (Å²) in [4.78, 5) is 30.2. The fourth-order valence-corrected chi connectivity index (χ4v) is 7.64. The van der Waals surface area contributed by atoms with Crippen molar-refractivity contribution in [3.8, 4) is 34.1 Å². The van der Waals surface area contributed by atoms with Gasteiger partial charge in [-0.1, -0.05) is 0 Å². The van der Waals surface area contributed by atoms with Gasteiger partial charge in [-0.3, -0.25) is 9.78 Å². The number of alkyl halides is 2. The monoisotopic (exact) mass is 718 g/mol. The number of aliphatic hydroxyl groups is 1. The van der Waals surface area contributed by atoms with Crippen molar-refractivity contribution in [1.82, 2.24) is 29.1 Å². The van der Waals surface area contributed by atoms with Crippen molar-refractivity contribution in [3.05, 3.63) is 73.4 Å². The molecule has 270 valence electrons. The number of pyridine rings is 4. The topological polar surface area (TPSA) is 141 Å². The second kappa shape index (κ2) is 11.7. The first-order valence-electron chi connectivity index (χ1n) is 17.8. The van der Waals surface area contributed by atoms with E-state index in [0.29, 0.717) is 29.7 Å². The molecule has 0 radical (unpaired) electrons. The first kappa shape index (κ1) is 32.1. The number of rotatable bonds is 11. The van der Waals surface area contributed by atoms with Gasteiger partial charge in [0.25, 0.3) is 0 Å². The van der Waals surface area contributed by atoms with Crippen LogP contribution in [0.25, 0.3) is 44.3 Å². The Hall–Kier alpha value is -5.63. The predicted octanol–water partition coefficient (Wildman–Crippen LogP) is 5.96. The van der Waals surface area contributed by atoms with E-state index >= 15 is 0 Å². The van der Waals surface area contributed by atoms with E-state index in [1.807, 2.05) is 59.6 Å². The average Bonchev–Trinajstić information content (AvgIpc) is 4.10. The van der Waals surface area contributed by atoms with Crippen molar-refractivity contribution in [2.75, 3.05) is 10.6 Å². The van der Waals surface area contributed by atoms with E-state index in [1.54, 1.807) is 37.1 Å². The minimum absolute atomic E-state index is 0.0333. The Morgan fingerprint density at radius 3 is 2.23 bits per heavy atom. The number of hydrogen-bond donors (Lipinski definition) is 3. The molecule has 4 fully saturated rings. The Kier molecular flexibility index (Phi) is 7.07. The van der Waals surface area contributed by atoms with Crippen molar-refractivity contribution in [3.63, 3.8) is 0 Å². The van der Waals surface area contributed by atoms with Crippen LogP contribution in [0.4, 0.5) is 20.4 Å². The van der Waals surface area contributed by atoms with Crippen LogP contribution >= 0.6 is 0 Å². The van der Waals surface area contributed by atoms with E-state index in [1.165, 1.54) is 0 Å². The number of halogens is 2. The molecule has 8 atom stereocenters. The zero-order valence-electron chi connectivity index (χ0n) is 28.9. The van der Waals surface area contributed by atoms with Gasteiger partial charge < -0.3 is 34.3 Å². The van der Waals surface area contributed by atoms with Crippen LogP contribution in [-0.4, -0.2) is 70.9 Å². The third-order valence-corrected chi connectivity index (χ3v) is 11.3. The van der Waals surface area contributed by atoms with Crippen LogP contribution in [-0.2, 0) is 18.9 Å². The third kappa shape index (κ3) is 5.54. The summed E-state index contributed by atoms with van der Waals surface area (Å²) in [6.07, 6.45) is 7.89. The van der Waals surface area contributed by atoms with Crippen molar-refractivity contribution < 1.29 is 28.2 Å². The second-order valence-electron chi connectivity index (χ2n) is 14.9. The van der Waals surface area contributed by atoms with E-state index in [-0.39, 0.29) is 30.0 Å². The summed E-state index contributed by atoms with van der Waals surface area (Å²) >= 11 is 0. The molecule has 4 aliphatic carbocycles. The molecule has 6 aromatic heterocycles. The minimum Gasteiger partial charge on any atom is -0.489 e. The molecule has 4 aliphatic rings. The molecule has 1 spiro atoms. The molecule has 6 heterocycles. The lowest BCUT2D eigenvalue weighted by Gasteiger charge is -2.13. The maximum Gasteiger partial charge on any atom is 0.231 e. The number of fused-ring (bicyclic) bond motifs is 2. The van der Waals surface area contributed by atoms with Crippen molar-refractivity contribution >= 4 is 39.3 Å². The number of hydrogen-bond acceptors (Lipinski definition) is 9. The Labute approximate surface area is 302 Å². The number of anilines is 2. The number of aromatic nitrogens is 6. The van der Waals surface area contributed by atoms with Crippen LogP contribution in [0, 0.1) is 17.3 Å². The molecule has 0 bridgehead atoms. The normalized spacial score (nSPS) is 27.1. The van der Waals surface area contributed by atoms with Gasteiger partial charge >= 0.3 is 0 Å². The summed E-state index contributed by atoms with van der Waals surface area (Å²) in [5.41, 5.74) is 5.14. The van der Waals surface area contributed by atoms with Crippen LogP contribution in [0.3, 0.4) is 0 Å². The number of carbonyl (C=O) groups excluding carboxylic acids is 1. The molecule has 6 aromatic rings. The molecule has 1 amide bonds. The number of aliphatic hydroxyl groups excluding tert-OH is 1. The summed E-state index contributed by atoms with van der Waals surface area (Å²) in [6.45, 7) is 0. The van der Waals surface area contributed by atoms with E-state index < -0.39 is 30.4 Å². The zero-order valence-corrected chi connectivity index (χ0v) is 28.9. The lowest BCUT2D eigenvalue weighted by molar-refractivity contribution is -0.117. The largest absolute Gasteiger partial charge is 0.489 e. The quantitative estimate of drug-likeness (QED) is 0.139. The van der Waals surface area contributed by atoms with Gasteiger partial charge in [0.1, 0.15) is 48.2 Å². The van der Waals surface area contributed by atoms with Gasteiger partial charge in [0.15, 0.2) is 0 Å². The van der Waals surface area contributed by atoms with Crippen LogP contribution in [0.15, 0.2) is 73.4 Å². The lowest BCUT2D eigenvalue weighted by Crippen LogP contribution is -2.22. The van der Waals surface area contributed by atoms with Gasteiger partial charge in [-0.2, -0.15) is 0 Å². The summed E-state index contributed by atoms with van der Waals surface area (Å²) < 4.78 is 44.1. The highest BCUT2D eigenvalue weighted by Crippen LogP contribution is 2.68. The van der Waals surface area contributed by atoms with E-state index in [4.69, 9.17) is 9.47 Å². The Bertz CT molecular complexity index is 2450. The number of amides is 1. The highest BCUT2D eigenvalue weighted by atomic mass is 19.1. The van der Waals surface area contributed by atoms with Gasteiger partial charge in [-0.25, -0.2) is 23.7 Å². The standard InChI is InChI=1S/C39H36F2N8O4/c1-48-27(8-19-10-34(44-17-29(19)48)46-36(50)22-12-25(22)40)21-4-3-6-43-38(21)53-33-15-39(33)14-32(39)52-31-5-7-42-16-24(31)28-9-20-11-35(45-18-30(20)49(28)2)47-37(51)23-13-26(23)41/h3-11,16-18,22-23,25-26,32-33,36,50H,12-15H2,1-2H3,(H,44,46)(H,45,47,51). The molecule has 8 unspecified atom stereocenters. The summed E-state index contributed by atoms with van der Waals surface area (Å²) in [5, 5.41) is 17.8. The summed E-state index contributed by atoms with van der Waals surface area (Å²) in [6, 6.07) is 13.5. The molecule has 4 saturated carbocycles. The Morgan fingerprint density at radius 1 is 0.868 bits per heavy atom. The molecule has 10 rings (SSSR count). The molecule has 0 aliphatic heterocycles. The third-order valence-electron chi connectivity index (χ3n) is 11.3. The van der Waals surface area contributed by atoms with Gasteiger partial charge in [0, 0.05) is 49.4 Å². The number of ether oxygens (including phenoxy) is 2. The van der Waals surface area contributed by atoms with E-state index in [2.05, 4.69) is 30.6 Å². The molecule has 3 N–H and O–H groups in total. The maximum atomic E-state index is 13.4. The van der Waals surface area contributed by atoms with E-state index in [9.17, 15) is 18.7 Å². The maximum absolute atomic E-state index is 13.4. The number of nitrogens with one attached hydrogen (secondary N) is 2. The number of nitrogens with zero attached hydrogens (tertiary/aromatic N) is 6. The van der Waals surface area contributed by atoms with Crippen LogP contribution < -0.4 is 20.1 Å². The molecule has 53 heavy (non-hydrogen) atoms. The van der Waals surface area contributed by atoms with Crippen LogP contribution in [0.2, 0.25) is 0 Å². The molecule has 12 nitrogen and oxygen atoms in total. The lowest BCUT2D eigenvalue weighted by atomic mass is 10.2. The molecule has 14 heteroatoms. The average molecular weight is 719 g/mol. The van der Waals surface area contributed by atoms with E-state index in [0.717, 1.165) is 57.2 Å². The first-order chi connectivity index (χ1) is 25.7. The second-order valence-corrected chi connectivity index (χ2v) is 14.9. The Balaban J connectivity index is 0.845. The van der Waals surface area contributed by atoms with Crippen molar-refractivity contribution in [2.24, 2.45) is 31.3 Å². The fourth-order valence-electron chi connectivity index (χ4n) is 7.64. The predicted molar refractivity (Wildman–Crippen MR) is 193 cm³/mol. The van der Waals surface area contributed by atoms with Crippen molar-refractivity contribution in [2.45, 2.75) is 56.5 Å². The smallest absolute Gasteiger partial charge is 0.231 e. The van der Waals surface area contributed by atoms with Gasteiger partial charge in [0.05, 0.1) is 57.3 Å². The molecule has 0 aromatic carbocycles. The highest BCUT2D eigenvalue weighted by molar-refractivity contribution is 5.96. The first-order valence-corrected chi connectivity index (χ1v) is 17.8. The van der Waals surface area contributed by atoms with Gasteiger partial charge in [-0.15, -0.1) is 0 Å². The zero-order chi connectivity index (χ0) is 36.2. The number of carbonyl (C=O) groups is 1. The van der Waals surface area contributed by atoms with Gasteiger partial charge in [0.2, 0.25) is 11.8 Å². The SMILES string of the molecule is Cn1c(-c2cnccc2OC2CC23CC3Oc2ncccc2-c2cc3cc(NC(O)C4CC4F)ncc3n2C)cc2cc(NC(=O)C3CC3F)ncc21. The summed E-state index contributed by atoms with van der Waals surface area (Å²) in [7, 11) is 3.91. The van der Waals surface area contributed by atoms with Crippen LogP contribution in [0.1, 0.15) is 25.7 Å². The highest BCUT2D eigenvalue weighted by Gasteiger charge is 2.75. The summed E-state index contributed by atoms with van der Waals surface area (Å²) in [5.74, 6) is 0.795. The van der Waals surface area contributed by atoms with Gasteiger partial charge in [-0.05, 0) is 68.1 Å². The fraction of sp³-hybridized carbons (Fsp3) is 0.359.